The fourth-order valence-corrected chi connectivity index (χ4v) is 1.67. The van der Waals surface area contributed by atoms with E-state index in [4.69, 9.17) is 10.5 Å². The topological polar surface area (TPSA) is 47.6 Å². The van der Waals surface area contributed by atoms with Crippen LogP contribution in [0.25, 0.3) is 0 Å². The number of rotatable bonds is 0. The molecule has 0 spiro atoms. The van der Waals surface area contributed by atoms with Gasteiger partial charge >= 0.3 is 0 Å². The molecule has 0 aliphatic heterocycles. The lowest BCUT2D eigenvalue weighted by molar-refractivity contribution is -0.0243. The van der Waals surface area contributed by atoms with Crippen molar-refractivity contribution in [3.8, 4) is 12.1 Å². The molecule has 0 N–H and O–H groups in total. The van der Waals surface area contributed by atoms with Gasteiger partial charge in [0.05, 0.1) is 12.1 Å². The van der Waals surface area contributed by atoms with Gasteiger partial charge in [-0.1, -0.05) is 20.8 Å². The Morgan fingerprint density at radius 2 is 1.73 bits per heavy atom. The van der Waals surface area contributed by atoms with Crippen molar-refractivity contribution in [2.45, 2.75) is 27.2 Å². The molecule has 1 fully saturated rings. The van der Waals surface area contributed by atoms with E-state index in [1.165, 1.54) is 0 Å². The van der Waals surface area contributed by atoms with E-state index in [9.17, 15) is 0 Å². The van der Waals surface area contributed by atoms with Crippen molar-refractivity contribution in [2.75, 3.05) is 0 Å². The smallest absolute Gasteiger partial charge is 0.149 e. The van der Waals surface area contributed by atoms with Gasteiger partial charge in [0, 0.05) is 0 Å². The van der Waals surface area contributed by atoms with Gasteiger partial charge < -0.3 is 0 Å². The molecule has 2 heteroatoms. The second-order valence-corrected chi connectivity index (χ2v) is 3.96. The molecular weight excluding hydrogens is 136 g/mol. The summed E-state index contributed by atoms with van der Waals surface area (Å²) in [7, 11) is 0. The molecule has 1 aliphatic carbocycles. The Morgan fingerprint density at radius 3 is 1.82 bits per heavy atom. The molecule has 0 aromatic heterocycles. The number of nitrogens with zero attached hydrogens (tertiary/aromatic N) is 2. The summed E-state index contributed by atoms with van der Waals surface area (Å²) in [5.74, 6) is 0.488. The predicted octanol–water partition coefficient (Wildman–Crippen LogP) is 2.09. The number of nitriles is 2. The van der Waals surface area contributed by atoms with Crippen molar-refractivity contribution in [1.82, 2.24) is 0 Å². The SMILES string of the molecule is CC1CC(C#N)(C#N)C1(C)C. The minimum atomic E-state index is -0.716. The molecule has 0 bridgehead atoms. The number of hydrogen-bond acceptors (Lipinski definition) is 2. The van der Waals surface area contributed by atoms with Crippen LogP contribution in [0.5, 0.6) is 0 Å². The Bertz CT molecular complexity index is 238. The van der Waals surface area contributed by atoms with Gasteiger partial charge in [-0.3, -0.25) is 0 Å². The molecule has 11 heavy (non-hydrogen) atoms. The third kappa shape index (κ3) is 0.701. The van der Waals surface area contributed by atoms with Gasteiger partial charge in [-0.2, -0.15) is 10.5 Å². The highest BCUT2D eigenvalue weighted by Crippen LogP contribution is 2.59. The molecule has 2 nitrogen and oxygen atoms in total. The largest absolute Gasteiger partial charge is 0.197 e. The standard InChI is InChI=1S/C9H12N2/c1-7-4-9(5-10,6-11)8(7,2)3/h7H,4H2,1-3H3. The highest BCUT2D eigenvalue weighted by atomic mass is 14.6. The predicted molar refractivity (Wildman–Crippen MR) is 41.2 cm³/mol. The zero-order valence-corrected chi connectivity index (χ0v) is 7.18. The molecule has 0 heterocycles. The van der Waals surface area contributed by atoms with E-state index in [1.807, 2.05) is 13.8 Å². The van der Waals surface area contributed by atoms with Crippen molar-refractivity contribution in [2.24, 2.45) is 16.7 Å². The van der Waals surface area contributed by atoms with Crippen molar-refractivity contribution < 1.29 is 0 Å². The van der Waals surface area contributed by atoms with Crippen LogP contribution in [0, 0.1) is 39.4 Å². The zero-order valence-electron chi connectivity index (χ0n) is 7.18. The summed E-state index contributed by atoms with van der Waals surface area (Å²) in [5.41, 5.74) is -0.844. The quantitative estimate of drug-likeness (QED) is 0.528. The normalized spacial score (nSPS) is 31.2. The fourth-order valence-electron chi connectivity index (χ4n) is 1.67. The van der Waals surface area contributed by atoms with Crippen LogP contribution in [0.2, 0.25) is 0 Å². The molecule has 1 unspecified atom stereocenters. The summed E-state index contributed by atoms with van der Waals surface area (Å²) in [4.78, 5) is 0. The maximum absolute atomic E-state index is 8.82. The summed E-state index contributed by atoms with van der Waals surface area (Å²) in [6.45, 7) is 6.08. The van der Waals surface area contributed by atoms with Gasteiger partial charge in [0.25, 0.3) is 0 Å². The minimum absolute atomic E-state index is 0.128. The van der Waals surface area contributed by atoms with E-state index in [-0.39, 0.29) is 5.41 Å². The second-order valence-electron chi connectivity index (χ2n) is 3.96. The summed E-state index contributed by atoms with van der Waals surface area (Å²) in [6, 6.07) is 4.25. The first-order valence-corrected chi connectivity index (χ1v) is 3.83. The lowest BCUT2D eigenvalue weighted by Crippen LogP contribution is -2.52. The third-order valence-electron chi connectivity index (χ3n) is 3.33. The first-order chi connectivity index (χ1) is 5.00. The van der Waals surface area contributed by atoms with Gasteiger partial charge in [-0.25, -0.2) is 0 Å². The van der Waals surface area contributed by atoms with Crippen molar-refractivity contribution >= 4 is 0 Å². The van der Waals surface area contributed by atoms with Crippen LogP contribution in [0.3, 0.4) is 0 Å². The van der Waals surface area contributed by atoms with Gasteiger partial charge in [0.1, 0.15) is 5.41 Å². The van der Waals surface area contributed by atoms with E-state index in [1.54, 1.807) is 0 Å². The van der Waals surface area contributed by atoms with Gasteiger partial charge in [0.2, 0.25) is 0 Å². The first-order valence-electron chi connectivity index (χ1n) is 3.83. The van der Waals surface area contributed by atoms with Crippen molar-refractivity contribution in [1.29, 1.82) is 10.5 Å². The maximum atomic E-state index is 8.82. The number of hydrogen-bond donors (Lipinski definition) is 0. The molecule has 0 saturated heterocycles. The molecule has 1 atom stereocenters. The van der Waals surface area contributed by atoms with E-state index in [0.717, 1.165) is 6.42 Å². The van der Waals surface area contributed by atoms with Crippen LogP contribution in [0.15, 0.2) is 0 Å². The van der Waals surface area contributed by atoms with Gasteiger partial charge in [0.15, 0.2) is 0 Å². The molecule has 58 valence electrons. The van der Waals surface area contributed by atoms with E-state index in [2.05, 4.69) is 19.1 Å². The van der Waals surface area contributed by atoms with Crippen LogP contribution in [0.4, 0.5) is 0 Å². The zero-order chi connectivity index (χ0) is 8.70. The highest BCUT2D eigenvalue weighted by Gasteiger charge is 2.59. The van der Waals surface area contributed by atoms with Crippen LogP contribution in [0.1, 0.15) is 27.2 Å². The van der Waals surface area contributed by atoms with Crippen LogP contribution < -0.4 is 0 Å². The second kappa shape index (κ2) is 1.98. The molecule has 0 radical (unpaired) electrons. The monoisotopic (exact) mass is 148 g/mol. The minimum Gasteiger partial charge on any atom is -0.197 e. The molecule has 1 aliphatic rings. The van der Waals surface area contributed by atoms with E-state index < -0.39 is 5.41 Å². The Balaban J connectivity index is 2.98. The first kappa shape index (κ1) is 8.08. The van der Waals surface area contributed by atoms with Crippen LogP contribution >= 0.6 is 0 Å². The summed E-state index contributed by atoms with van der Waals surface area (Å²) in [6.07, 6.45) is 0.729. The Kier molecular flexibility index (Phi) is 1.46. The summed E-state index contributed by atoms with van der Waals surface area (Å²) < 4.78 is 0. The molecule has 0 aromatic carbocycles. The average molecular weight is 148 g/mol. The van der Waals surface area contributed by atoms with Gasteiger partial charge in [-0.15, -0.1) is 0 Å². The Labute approximate surface area is 67.4 Å². The van der Waals surface area contributed by atoms with Gasteiger partial charge in [-0.05, 0) is 17.8 Å². The lowest BCUT2D eigenvalue weighted by Gasteiger charge is -2.52. The highest BCUT2D eigenvalue weighted by molar-refractivity contribution is 5.27. The van der Waals surface area contributed by atoms with E-state index in [0.29, 0.717) is 5.92 Å². The lowest BCUT2D eigenvalue weighted by atomic mass is 9.47. The van der Waals surface area contributed by atoms with Crippen molar-refractivity contribution in [3.05, 3.63) is 0 Å². The third-order valence-corrected chi connectivity index (χ3v) is 3.33. The summed E-state index contributed by atoms with van der Waals surface area (Å²) >= 11 is 0. The average Bonchev–Trinajstić information content (AvgIpc) is 1.99. The Morgan fingerprint density at radius 1 is 1.27 bits per heavy atom. The molecule has 1 rings (SSSR count). The molecule has 0 amide bonds. The Hall–Kier alpha value is -1.02. The maximum Gasteiger partial charge on any atom is 0.149 e. The van der Waals surface area contributed by atoms with Crippen LogP contribution in [-0.2, 0) is 0 Å². The van der Waals surface area contributed by atoms with Crippen LogP contribution in [-0.4, -0.2) is 0 Å². The molecule has 1 saturated carbocycles. The summed E-state index contributed by atoms with van der Waals surface area (Å²) in [5, 5.41) is 17.6. The van der Waals surface area contributed by atoms with E-state index >= 15 is 0 Å². The fraction of sp³-hybridized carbons (Fsp3) is 0.778. The van der Waals surface area contributed by atoms with Crippen molar-refractivity contribution in [3.63, 3.8) is 0 Å². The molecule has 0 aromatic rings. The molecular formula is C9H12N2.